The number of rotatable bonds is 2. The van der Waals surface area contributed by atoms with Crippen LogP contribution in [0.3, 0.4) is 0 Å². The molecule has 3 N–H and O–H groups in total. The molecule has 0 spiro atoms. The molecule has 0 aliphatic heterocycles. The van der Waals surface area contributed by atoms with E-state index in [1.807, 2.05) is 31.3 Å². The van der Waals surface area contributed by atoms with E-state index in [2.05, 4.69) is 11.1 Å². The Morgan fingerprint density at radius 2 is 2.33 bits per heavy atom. The number of aromatic nitrogens is 1. The third kappa shape index (κ3) is 1.72. The van der Waals surface area contributed by atoms with Crippen molar-refractivity contribution in [3.05, 3.63) is 35.5 Å². The number of aromatic amines is 1. The molecule has 0 radical (unpaired) electrons. The van der Waals surface area contributed by atoms with E-state index in [0.717, 1.165) is 22.9 Å². The zero-order valence-electron chi connectivity index (χ0n) is 8.62. The van der Waals surface area contributed by atoms with Crippen LogP contribution in [-0.4, -0.2) is 11.0 Å². The first-order chi connectivity index (χ1) is 7.22. The molecule has 1 atom stereocenters. The van der Waals surface area contributed by atoms with E-state index in [-0.39, 0.29) is 6.04 Å². The molecule has 76 valence electrons. The minimum Gasteiger partial charge on any atom is -0.361 e. The van der Waals surface area contributed by atoms with Crippen molar-refractivity contribution in [2.75, 3.05) is 0 Å². The Morgan fingerprint density at radius 3 is 3.00 bits per heavy atom. The molecular weight excluding hydrogens is 186 g/mol. The van der Waals surface area contributed by atoms with Crippen molar-refractivity contribution in [2.45, 2.75) is 19.4 Å². The molecule has 3 heteroatoms. The minimum atomic E-state index is 0.107. The maximum atomic E-state index is 9.02. The maximum Gasteiger partial charge on any atom is 0.0998 e. The summed E-state index contributed by atoms with van der Waals surface area (Å²) in [5.41, 5.74) is 8.61. The van der Waals surface area contributed by atoms with Gasteiger partial charge in [0.2, 0.25) is 0 Å². The van der Waals surface area contributed by atoms with Gasteiger partial charge in [-0.1, -0.05) is 6.07 Å². The van der Waals surface area contributed by atoms with E-state index in [1.165, 1.54) is 0 Å². The van der Waals surface area contributed by atoms with E-state index in [1.54, 1.807) is 0 Å². The summed E-state index contributed by atoms with van der Waals surface area (Å²) in [5, 5.41) is 10.0. The molecular formula is C12H13N3. The number of H-pyrrole nitrogens is 1. The van der Waals surface area contributed by atoms with Crippen LogP contribution in [0.5, 0.6) is 0 Å². The fraction of sp³-hybridized carbons (Fsp3) is 0.250. The first-order valence-electron chi connectivity index (χ1n) is 4.97. The van der Waals surface area contributed by atoms with Gasteiger partial charge in [-0.2, -0.15) is 5.26 Å². The van der Waals surface area contributed by atoms with Crippen LogP contribution < -0.4 is 5.73 Å². The van der Waals surface area contributed by atoms with E-state index >= 15 is 0 Å². The second-order valence-corrected chi connectivity index (χ2v) is 3.84. The number of nitriles is 1. The van der Waals surface area contributed by atoms with Crippen LogP contribution >= 0.6 is 0 Å². The van der Waals surface area contributed by atoms with Crippen LogP contribution in [0.2, 0.25) is 0 Å². The highest BCUT2D eigenvalue weighted by atomic mass is 14.7. The standard InChI is InChI=1S/C12H13N3/c1-8(14)5-10-7-15-11-4-2-3-9(6-13)12(10)11/h2-4,7-8,15H,5,14H2,1H3. The van der Waals surface area contributed by atoms with Crippen molar-refractivity contribution in [2.24, 2.45) is 5.73 Å². The number of fused-ring (bicyclic) bond motifs is 1. The number of nitrogens with one attached hydrogen (secondary N) is 1. The Bertz CT molecular complexity index is 517. The summed E-state index contributed by atoms with van der Waals surface area (Å²) in [6, 6.07) is 8.01. The zero-order valence-corrected chi connectivity index (χ0v) is 8.62. The molecule has 1 heterocycles. The van der Waals surface area contributed by atoms with Gasteiger partial charge in [-0.25, -0.2) is 0 Å². The smallest absolute Gasteiger partial charge is 0.0998 e. The average molecular weight is 199 g/mol. The first-order valence-corrected chi connectivity index (χ1v) is 4.97. The molecule has 2 aromatic rings. The largest absolute Gasteiger partial charge is 0.361 e. The summed E-state index contributed by atoms with van der Waals surface area (Å²) in [7, 11) is 0. The molecule has 0 aliphatic carbocycles. The van der Waals surface area contributed by atoms with Gasteiger partial charge < -0.3 is 10.7 Å². The second-order valence-electron chi connectivity index (χ2n) is 3.84. The molecule has 3 nitrogen and oxygen atoms in total. The molecule has 1 aromatic heterocycles. The zero-order chi connectivity index (χ0) is 10.8. The minimum absolute atomic E-state index is 0.107. The monoisotopic (exact) mass is 199 g/mol. The van der Waals surface area contributed by atoms with Crippen molar-refractivity contribution in [3.63, 3.8) is 0 Å². The van der Waals surface area contributed by atoms with Gasteiger partial charge in [-0.05, 0) is 31.0 Å². The second kappa shape index (κ2) is 3.76. The summed E-state index contributed by atoms with van der Waals surface area (Å²) >= 11 is 0. The van der Waals surface area contributed by atoms with Gasteiger partial charge in [0.1, 0.15) is 0 Å². The summed E-state index contributed by atoms with van der Waals surface area (Å²) in [6.45, 7) is 1.97. The Kier molecular flexibility index (Phi) is 2.44. The highest BCUT2D eigenvalue weighted by molar-refractivity contribution is 5.88. The predicted octanol–water partition coefficient (Wildman–Crippen LogP) is 1.93. The first kappa shape index (κ1) is 9.75. The third-order valence-corrected chi connectivity index (χ3v) is 2.45. The van der Waals surface area contributed by atoms with Crippen LogP contribution in [0.25, 0.3) is 10.9 Å². The summed E-state index contributed by atoms with van der Waals surface area (Å²) in [6.07, 6.45) is 2.73. The van der Waals surface area contributed by atoms with Crippen molar-refractivity contribution < 1.29 is 0 Å². The quantitative estimate of drug-likeness (QED) is 0.776. The van der Waals surface area contributed by atoms with Crippen LogP contribution in [-0.2, 0) is 6.42 Å². The maximum absolute atomic E-state index is 9.02. The Morgan fingerprint density at radius 1 is 1.53 bits per heavy atom. The molecule has 0 saturated carbocycles. The third-order valence-electron chi connectivity index (χ3n) is 2.45. The summed E-state index contributed by atoms with van der Waals surface area (Å²) in [5.74, 6) is 0. The summed E-state index contributed by atoms with van der Waals surface area (Å²) < 4.78 is 0. The number of hydrogen-bond acceptors (Lipinski definition) is 2. The predicted molar refractivity (Wildman–Crippen MR) is 60.4 cm³/mol. The van der Waals surface area contributed by atoms with Crippen molar-refractivity contribution >= 4 is 10.9 Å². The molecule has 1 aromatic carbocycles. The lowest BCUT2D eigenvalue weighted by Gasteiger charge is -2.03. The topological polar surface area (TPSA) is 65.6 Å². The Hall–Kier alpha value is -1.79. The lowest BCUT2D eigenvalue weighted by atomic mass is 10.0. The van der Waals surface area contributed by atoms with Crippen LogP contribution in [0.1, 0.15) is 18.1 Å². The molecule has 1 unspecified atom stereocenters. The van der Waals surface area contributed by atoms with E-state index in [0.29, 0.717) is 5.56 Å². The average Bonchev–Trinajstić information content (AvgIpc) is 2.61. The van der Waals surface area contributed by atoms with Gasteiger partial charge in [0, 0.05) is 23.1 Å². The lowest BCUT2D eigenvalue weighted by molar-refractivity contribution is 0.741. The van der Waals surface area contributed by atoms with E-state index < -0.39 is 0 Å². The molecule has 0 saturated heterocycles. The van der Waals surface area contributed by atoms with Gasteiger partial charge in [-0.3, -0.25) is 0 Å². The number of nitrogens with two attached hydrogens (primary N) is 1. The van der Waals surface area contributed by atoms with Crippen molar-refractivity contribution in [3.8, 4) is 6.07 Å². The van der Waals surface area contributed by atoms with Gasteiger partial charge in [0.15, 0.2) is 0 Å². The molecule has 0 bridgehead atoms. The molecule has 0 amide bonds. The Labute approximate surface area is 88.5 Å². The van der Waals surface area contributed by atoms with Crippen molar-refractivity contribution in [1.82, 2.24) is 4.98 Å². The lowest BCUT2D eigenvalue weighted by Crippen LogP contribution is -2.17. The summed E-state index contributed by atoms with van der Waals surface area (Å²) in [4.78, 5) is 3.16. The van der Waals surface area contributed by atoms with Crippen LogP contribution in [0.15, 0.2) is 24.4 Å². The fourth-order valence-electron chi connectivity index (χ4n) is 1.86. The van der Waals surface area contributed by atoms with Gasteiger partial charge in [0.05, 0.1) is 11.6 Å². The van der Waals surface area contributed by atoms with Gasteiger partial charge >= 0.3 is 0 Å². The number of nitrogens with zero attached hydrogens (tertiary/aromatic N) is 1. The Balaban J connectivity index is 2.62. The normalized spacial score (nSPS) is 12.6. The molecule has 15 heavy (non-hydrogen) atoms. The van der Waals surface area contributed by atoms with E-state index in [4.69, 9.17) is 11.0 Å². The molecule has 0 fully saturated rings. The van der Waals surface area contributed by atoms with E-state index in [9.17, 15) is 0 Å². The number of benzene rings is 1. The molecule has 2 rings (SSSR count). The van der Waals surface area contributed by atoms with Gasteiger partial charge in [0.25, 0.3) is 0 Å². The highest BCUT2D eigenvalue weighted by Crippen LogP contribution is 2.22. The van der Waals surface area contributed by atoms with Crippen LogP contribution in [0.4, 0.5) is 0 Å². The van der Waals surface area contributed by atoms with Gasteiger partial charge in [-0.15, -0.1) is 0 Å². The van der Waals surface area contributed by atoms with Crippen LogP contribution in [0, 0.1) is 11.3 Å². The highest BCUT2D eigenvalue weighted by Gasteiger charge is 2.09. The fourth-order valence-corrected chi connectivity index (χ4v) is 1.86. The SMILES string of the molecule is CC(N)Cc1c[nH]c2cccc(C#N)c12. The number of hydrogen-bond donors (Lipinski definition) is 2. The molecule has 0 aliphatic rings. The van der Waals surface area contributed by atoms with Crippen molar-refractivity contribution in [1.29, 1.82) is 5.26 Å².